The number of nitrogens with one attached hydrogen (secondary N) is 1. The summed E-state index contributed by atoms with van der Waals surface area (Å²) in [7, 11) is 0. The molecule has 0 atom stereocenters. The van der Waals surface area contributed by atoms with Gasteiger partial charge in [0.25, 0.3) is 0 Å². The number of imidazole rings is 1. The molecular weight excluding hydrogens is 324 g/mol. The van der Waals surface area contributed by atoms with Gasteiger partial charge in [-0.05, 0) is 0 Å². The van der Waals surface area contributed by atoms with Crippen LogP contribution in [0, 0.1) is 27.6 Å². The van der Waals surface area contributed by atoms with Crippen LogP contribution in [-0.4, -0.2) is 24.9 Å². The molecule has 0 spiro atoms. The van der Waals surface area contributed by atoms with E-state index < -0.39 is 44.7 Å². The summed E-state index contributed by atoms with van der Waals surface area (Å²) in [6.07, 6.45) is 2.05. The lowest BCUT2D eigenvalue weighted by Gasteiger charge is -2.13. The fourth-order valence-corrected chi connectivity index (χ4v) is 1.91. The van der Waals surface area contributed by atoms with E-state index in [0.717, 1.165) is 12.7 Å². The van der Waals surface area contributed by atoms with Crippen molar-refractivity contribution >= 4 is 28.4 Å². The van der Waals surface area contributed by atoms with Gasteiger partial charge in [0.05, 0.1) is 11.3 Å². The van der Waals surface area contributed by atoms with Crippen LogP contribution in [0.3, 0.4) is 0 Å². The van der Waals surface area contributed by atoms with Crippen LogP contribution in [0.25, 0.3) is 11.2 Å². The van der Waals surface area contributed by atoms with E-state index in [9.17, 15) is 27.8 Å². The second-order valence-electron chi connectivity index (χ2n) is 4.19. The van der Waals surface area contributed by atoms with Crippen LogP contribution in [0.1, 0.15) is 0 Å². The summed E-state index contributed by atoms with van der Waals surface area (Å²) >= 11 is 0. The molecule has 0 radical (unpaired) electrons. The van der Waals surface area contributed by atoms with E-state index >= 15 is 0 Å². The molecule has 0 saturated carbocycles. The van der Waals surface area contributed by atoms with Gasteiger partial charge >= 0.3 is 5.69 Å². The second-order valence-corrected chi connectivity index (χ2v) is 4.19. The molecule has 2 aromatic heterocycles. The zero-order valence-electron chi connectivity index (χ0n) is 10.8. The van der Waals surface area contributed by atoms with Crippen LogP contribution >= 0.6 is 0 Å². The molecule has 23 heavy (non-hydrogen) atoms. The van der Waals surface area contributed by atoms with Gasteiger partial charge in [0.1, 0.15) is 11.8 Å². The van der Waals surface area contributed by atoms with Gasteiger partial charge < -0.3 is 4.98 Å². The molecule has 1 aromatic carbocycles. The minimum absolute atomic E-state index is 0.0170. The van der Waals surface area contributed by atoms with Crippen LogP contribution in [0.5, 0.6) is 0 Å². The highest BCUT2D eigenvalue weighted by atomic mass is 19.2. The van der Waals surface area contributed by atoms with E-state index in [0.29, 0.717) is 0 Å². The van der Waals surface area contributed by atoms with Crippen molar-refractivity contribution in [3.63, 3.8) is 0 Å². The molecule has 12 heteroatoms. The Labute approximate surface area is 123 Å². The summed E-state index contributed by atoms with van der Waals surface area (Å²) in [6, 6.07) is 0.154. The highest BCUT2D eigenvalue weighted by Gasteiger charge is 2.33. The van der Waals surface area contributed by atoms with E-state index in [1.54, 1.807) is 0 Å². The summed E-state index contributed by atoms with van der Waals surface area (Å²) in [6.45, 7) is 0. The van der Waals surface area contributed by atoms with Crippen LogP contribution in [0.15, 0.2) is 18.7 Å². The largest absolute Gasteiger partial charge is 0.340 e. The molecule has 0 aliphatic heterocycles. The highest BCUT2D eigenvalue weighted by molar-refractivity contribution is 5.86. The van der Waals surface area contributed by atoms with Crippen molar-refractivity contribution in [2.45, 2.75) is 0 Å². The number of benzene rings is 1. The number of anilines is 2. The Bertz CT molecular complexity index is 930. The molecule has 0 aliphatic rings. The number of rotatable bonds is 3. The Kier molecular flexibility index (Phi) is 3.28. The minimum Gasteiger partial charge on any atom is -0.340 e. The van der Waals surface area contributed by atoms with Gasteiger partial charge in [-0.1, -0.05) is 4.48 Å². The van der Waals surface area contributed by atoms with E-state index in [1.165, 1.54) is 0 Å². The summed E-state index contributed by atoms with van der Waals surface area (Å²) in [4.78, 5) is 23.0. The van der Waals surface area contributed by atoms with E-state index in [-0.39, 0.29) is 17.2 Å². The second kappa shape index (κ2) is 5.15. The Hall–Kier alpha value is -3.31. The van der Waals surface area contributed by atoms with Gasteiger partial charge in [-0.15, -0.1) is 0 Å². The fourth-order valence-electron chi connectivity index (χ4n) is 1.91. The number of hydrogen-bond acceptors (Lipinski definition) is 6. The molecule has 0 aliphatic carbocycles. The summed E-state index contributed by atoms with van der Waals surface area (Å²) in [5.41, 5.74) is -2.79. The van der Waals surface area contributed by atoms with Crippen molar-refractivity contribution in [3.8, 4) is 0 Å². The van der Waals surface area contributed by atoms with E-state index in [1.807, 2.05) is 0 Å². The lowest BCUT2D eigenvalue weighted by Crippen LogP contribution is -2.12. The Morgan fingerprint density at radius 3 is 2.61 bits per heavy atom. The minimum atomic E-state index is -2.12. The summed E-state index contributed by atoms with van der Waals surface area (Å²) in [5.74, 6) is -6.58. The first kappa shape index (κ1) is 14.6. The van der Waals surface area contributed by atoms with Crippen LogP contribution in [0.2, 0.25) is 0 Å². The summed E-state index contributed by atoms with van der Waals surface area (Å²) in [5, 5.41) is 10.4. The Morgan fingerprint density at radius 2 is 1.91 bits per heavy atom. The topological polar surface area (TPSA) is 101 Å². The number of fused-ring (bicyclic) bond motifs is 1. The Balaban J connectivity index is 2.26. The number of nitrogens with zero attached hydrogens (tertiary/aromatic N) is 5. The van der Waals surface area contributed by atoms with Crippen LogP contribution < -0.4 is 5.12 Å². The van der Waals surface area contributed by atoms with Crippen LogP contribution in [0.4, 0.5) is 34.8 Å². The number of nitro groups is 1. The highest BCUT2D eigenvalue weighted by Crippen LogP contribution is 2.38. The third-order valence-electron chi connectivity index (χ3n) is 2.90. The molecule has 0 fully saturated rings. The molecule has 8 nitrogen and oxygen atoms in total. The van der Waals surface area contributed by atoms with Crippen molar-refractivity contribution in [2.75, 3.05) is 5.12 Å². The van der Waals surface area contributed by atoms with Crippen molar-refractivity contribution in [3.05, 3.63) is 46.3 Å². The maximum atomic E-state index is 14.5. The predicted octanol–water partition coefficient (Wildman–Crippen LogP) is 2.70. The number of nitro benzene ring substituents is 1. The third kappa shape index (κ3) is 2.20. The quantitative estimate of drug-likeness (QED) is 0.261. The van der Waals surface area contributed by atoms with E-state index in [4.69, 9.17) is 0 Å². The van der Waals surface area contributed by atoms with Crippen LogP contribution in [-0.2, 0) is 0 Å². The predicted molar refractivity (Wildman–Crippen MR) is 67.9 cm³/mol. The average Bonchev–Trinajstić information content (AvgIpc) is 2.99. The fraction of sp³-hybridized carbons (Fsp3) is 0. The molecule has 3 rings (SSSR count). The monoisotopic (exact) mass is 328 g/mol. The number of hydrogen-bond donors (Lipinski definition) is 1. The number of aromatic nitrogens is 4. The van der Waals surface area contributed by atoms with Crippen molar-refractivity contribution in [2.24, 2.45) is 0 Å². The van der Waals surface area contributed by atoms with Gasteiger partial charge in [0.2, 0.25) is 11.6 Å². The molecule has 0 amide bonds. The first-order valence-corrected chi connectivity index (χ1v) is 5.83. The third-order valence-corrected chi connectivity index (χ3v) is 2.90. The van der Waals surface area contributed by atoms with Crippen molar-refractivity contribution in [1.82, 2.24) is 19.9 Å². The van der Waals surface area contributed by atoms with E-state index in [2.05, 4.69) is 19.9 Å². The first-order chi connectivity index (χ1) is 10.9. The van der Waals surface area contributed by atoms with Gasteiger partial charge in [0.15, 0.2) is 23.0 Å². The van der Waals surface area contributed by atoms with Crippen molar-refractivity contribution < 1.29 is 22.6 Å². The maximum Gasteiger partial charge on any atom is 0.334 e. The van der Waals surface area contributed by atoms with Crippen molar-refractivity contribution in [1.29, 1.82) is 0 Å². The molecule has 2 heterocycles. The SMILES string of the molecule is O=[N+]([O-])c1c(N(F)c2ncnc3nc[nH]c23)cc(F)c(F)c1F. The average molecular weight is 328 g/mol. The normalized spacial score (nSPS) is 11.0. The van der Waals surface area contributed by atoms with Gasteiger partial charge in [-0.25, -0.2) is 23.7 Å². The standard InChI is InChI=1S/C11H4F4N6O2/c12-4-1-5(9(21(22)23)7(14)6(4)13)20(15)11-8-10(17-2-16-8)18-3-19-11/h1-3H,(H,16,17,18,19). The van der Waals surface area contributed by atoms with Gasteiger partial charge in [-0.3, -0.25) is 10.1 Å². The zero-order chi connectivity index (χ0) is 16.7. The zero-order valence-corrected chi connectivity index (χ0v) is 10.8. The van der Waals surface area contributed by atoms with Gasteiger partial charge in [-0.2, -0.15) is 9.51 Å². The molecule has 0 saturated heterocycles. The Morgan fingerprint density at radius 1 is 1.17 bits per heavy atom. The van der Waals surface area contributed by atoms with Gasteiger partial charge in [0, 0.05) is 6.07 Å². The lowest BCUT2D eigenvalue weighted by molar-refractivity contribution is -0.387. The molecule has 0 bridgehead atoms. The molecular formula is C11H4F4N6O2. The molecule has 3 aromatic rings. The number of aromatic amines is 1. The summed E-state index contributed by atoms with van der Waals surface area (Å²) < 4.78 is 54.6. The lowest BCUT2D eigenvalue weighted by atomic mass is 10.2. The molecule has 1 N–H and O–H groups in total. The maximum absolute atomic E-state index is 14.5. The number of H-pyrrole nitrogens is 1. The number of halogens is 4. The molecule has 0 unspecified atom stereocenters. The smallest absolute Gasteiger partial charge is 0.334 e. The first-order valence-electron chi connectivity index (χ1n) is 5.83. The molecule has 118 valence electrons.